The zero-order chi connectivity index (χ0) is 25.5. The largest absolute Gasteiger partial charge is 0.478 e. The highest BCUT2D eigenvalue weighted by molar-refractivity contribution is 6.30. The summed E-state index contributed by atoms with van der Waals surface area (Å²) in [5, 5.41) is 29.6. The van der Waals surface area contributed by atoms with Crippen LogP contribution in [0.3, 0.4) is 0 Å². The first kappa shape index (κ1) is 25.0. The Bertz CT molecular complexity index is 1260. The van der Waals surface area contributed by atoms with Crippen LogP contribution in [0.4, 0.5) is 5.69 Å². The van der Waals surface area contributed by atoms with Gasteiger partial charge in [0.25, 0.3) is 0 Å². The van der Waals surface area contributed by atoms with Crippen LogP contribution in [-0.2, 0) is 9.59 Å². The number of nitrogens with zero attached hydrogens (tertiary/aromatic N) is 4. The number of aromatic carboxylic acids is 1. The Balaban J connectivity index is 1.50. The Hall–Kier alpha value is -4.09. The van der Waals surface area contributed by atoms with E-state index in [1.54, 1.807) is 24.3 Å². The van der Waals surface area contributed by atoms with Crippen molar-refractivity contribution in [2.45, 2.75) is 18.9 Å². The molecule has 1 fully saturated rings. The molecule has 4 rings (SSSR count). The molecule has 0 aliphatic carbocycles. The highest BCUT2D eigenvalue weighted by Crippen LogP contribution is 2.21. The van der Waals surface area contributed by atoms with E-state index in [9.17, 15) is 14.4 Å². The molecule has 12 heteroatoms. The van der Waals surface area contributed by atoms with Gasteiger partial charge in [0.05, 0.1) is 11.3 Å². The van der Waals surface area contributed by atoms with Crippen molar-refractivity contribution in [1.29, 1.82) is 0 Å². The molecular formula is C24H24ClN7O4. The standard InChI is InChI=1S/C24H24ClN7O4/c25-18-6-9-20(32-14-27-30-31-32)16(12-18)5-10-21(33)29-22(17-2-1-11-26-13-17)23(34)28-19-7-3-15(4-8-19)24(35)36/h3-10,12,14,17,22,26H,1-2,11,13H2,(H,28,34)(H,29,33)(H,35,36)/t17-,22+/m1/s1. The number of tetrazole rings is 1. The van der Waals surface area contributed by atoms with Crippen LogP contribution in [0.15, 0.2) is 54.9 Å². The lowest BCUT2D eigenvalue weighted by atomic mass is 9.91. The molecular weight excluding hydrogens is 486 g/mol. The molecule has 0 radical (unpaired) electrons. The minimum atomic E-state index is -1.05. The summed E-state index contributed by atoms with van der Waals surface area (Å²) in [4.78, 5) is 37.1. The maximum atomic E-state index is 13.2. The van der Waals surface area contributed by atoms with Crippen molar-refractivity contribution in [3.8, 4) is 5.69 Å². The Kier molecular flexibility index (Phi) is 8.03. The van der Waals surface area contributed by atoms with Crippen LogP contribution in [0.2, 0.25) is 5.02 Å². The summed E-state index contributed by atoms with van der Waals surface area (Å²) >= 11 is 6.14. The fraction of sp³-hybridized carbons (Fsp3) is 0.250. The zero-order valence-corrected chi connectivity index (χ0v) is 19.9. The number of aromatic nitrogens is 4. The van der Waals surface area contributed by atoms with Gasteiger partial charge in [-0.25, -0.2) is 4.79 Å². The number of amides is 2. The van der Waals surface area contributed by atoms with Gasteiger partial charge in [0.1, 0.15) is 12.4 Å². The van der Waals surface area contributed by atoms with E-state index in [1.165, 1.54) is 41.4 Å². The van der Waals surface area contributed by atoms with E-state index in [1.807, 2.05) is 0 Å². The average molecular weight is 510 g/mol. The maximum Gasteiger partial charge on any atom is 0.335 e. The van der Waals surface area contributed by atoms with Gasteiger partial charge in [-0.15, -0.1) is 5.10 Å². The van der Waals surface area contributed by atoms with Crippen molar-refractivity contribution in [3.63, 3.8) is 0 Å². The van der Waals surface area contributed by atoms with Crippen LogP contribution in [0.25, 0.3) is 11.8 Å². The molecule has 36 heavy (non-hydrogen) atoms. The molecule has 0 spiro atoms. The van der Waals surface area contributed by atoms with Crippen LogP contribution in [0.5, 0.6) is 0 Å². The second-order valence-electron chi connectivity index (χ2n) is 8.26. The van der Waals surface area contributed by atoms with E-state index in [4.69, 9.17) is 16.7 Å². The lowest BCUT2D eigenvalue weighted by molar-refractivity contribution is -0.125. The summed E-state index contributed by atoms with van der Waals surface area (Å²) in [5.74, 6) is -2.01. The highest BCUT2D eigenvalue weighted by Gasteiger charge is 2.30. The van der Waals surface area contributed by atoms with Gasteiger partial charge in [-0.1, -0.05) is 11.6 Å². The number of nitrogens with one attached hydrogen (secondary N) is 3. The second-order valence-corrected chi connectivity index (χ2v) is 8.69. The van der Waals surface area contributed by atoms with E-state index in [-0.39, 0.29) is 17.4 Å². The van der Waals surface area contributed by atoms with Gasteiger partial charge in [0, 0.05) is 34.8 Å². The van der Waals surface area contributed by atoms with Crippen molar-refractivity contribution in [3.05, 3.63) is 71.0 Å². The number of carboxylic acid groups (broad SMARTS) is 1. The fourth-order valence-corrected chi connectivity index (χ4v) is 4.16. The summed E-state index contributed by atoms with van der Waals surface area (Å²) in [5.41, 5.74) is 1.79. The van der Waals surface area contributed by atoms with E-state index in [2.05, 4.69) is 31.5 Å². The molecule has 2 heterocycles. The van der Waals surface area contributed by atoms with Crippen molar-refractivity contribution >= 4 is 41.1 Å². The van der Waals surface area contributed by atoms with Crippen molar-refractivity contribution in [2.75, 3.05) is 18.4 Å². The minimum absolute atomic E-state index is 0.113. The third-order valence-corrected chi connectivity index (χ3v) is 6.02. The third-order valence-electron chi connectivity index (χ3n) is 5.79. The quantitative estimate of drug-likeness (QED) is 0.337. The first-order valence-electron chi connectivity index (χ1n) is 11.3. The van der Waals surface area contributed by atoms with Gasteiger partial charge in [-0.2, -0.15) is 4.68 Å². The lowest BCUT2D eigenvalue weighted by Crippen LogP contribution is -2.52. The number of carboxylic acids is 1. The second kappa shape index (κ2) is 11.6. The van der Waals surface area contributed by atoms with Gasteiger partial charge in [-0.05, 0) is 78.4 Å². The Morgan fingerprint density at radius 3 is 2.67 bits per heavy atom. The summed E-state index contributed by atoms with van der Waals surface area (Å²) in [6.07, 6.45) is 5.99. The van der Waals surface area contributed by atoms with Gasteiger partial charge < -0.3 is 21.1 Å². The number of anilines is 1. The first-order valence-corrected chi connectivity index (χ1v) is 11.6. The molecule has 3 aromatic rings. The molecule has 2 amide bonds. The number of hydrogen-bond acceptors (Lipinski definition) is 7. The topological polar surface area (TPSA) is 151 Å². The van der Waals surface area contributed by atoms with E-state index in [0.717, 1.165) is 19.4 Å². The van der Waals surface area contributed by atoms with Crippen LogP contribution in [-0.4, -0.2) is 62.2 Å². The molecule has 0 saturated carbocycles. The average Bonchev–Trinajstić information content (AvgIpc) is 3.41. The molecule has 1 aromatic heterocycles. The molecule has 1 aliphatic rings. The van der Waals surface area contributed by atoms with E-state index in [0.29, 0.717) is 28.5 Å². The summed E-state index contributed by atoms with van der Waals surface area (Å²) in [6, 6.07) is 10.1. The van der Waals surface area contributed by atoms with Gasteiger partial charge in [0.2, 0.25) is 11.8 Å². The number of carbonyl (C=O) groups is 3. The summed E-state index contributed by atoms with van der Waals surface area (Å²) in [7, 11) is 0. The Morgan fingerprint density at radius 1 is 1.19 bits per heavy atom. The fourth-order valence-electron chi connectivity index (χ4n) is 3.98. The van der Waals surface area contributed by atoms with Gasteiger partial charge >= 0.3 is 5.97 Å². The van der Waals surface area contributed by atoms with E-state index < -0.39 is 17.9 Å². The Morgan fingerprint density at radius 2 is 2.00 bits per heavy atom. The summed E-state index contributed by atoms with van der Waals surface area (Å²) in [6.45, 7) is 1.43. The molecule has 0 unspecified atom stereocenters. The predicted molar refractivity (Wildman–Crippen MR) is 133 cm³/mol. The maximum absolute atomic E-state index is 13.2. The van der Waals surface area contributed by atoms with Crippen LogP contribution in [0.1, 0.15) is 28.8 Å². The van der Waals surface area contributed by atoms with Crippen molar-refractivity contribution < 1.29 is 19.5 Å². The van der Waals surface area contributed by atoms with Crippen molar-refractivity contribution in [2.24, 2.45) is 5.92 Å². The van der Waals surface area contributed by atoms with Gasteiger partial charge in [0.15, 0.2) is 0 Å². The number of carbonyl (C=O) groups excluding carboxylic acids is 2. The number of rotatable bonds is 8. The number of halogens is 1. The monoisotopic (exact) mass is 509 g/mol. The molecule has 2 atom stereocenters. The molecule has 4 N–H and O–H groups in total. The van der Waals surface area contributed by atoms with Crippen molar-refractivity contribution in [1.82, 2.24) is 30.8 Å². The van der Waals surface area contributed by atoms with Gasteiger partial charge in [-0.3, -0.25) is 9.59 Å². The molecule has 1 saturated heterocycles. The number of piperidine rings is 1. The molecule has 0 bridgehead atoms. The molecule has 186 valence electrons. The Labute approximate surface area is 211 Å². The smallest absolute Gasteiger partial charge is 0.335 e. The number of hydrogen-bond donors (Lipinski definition) is 4. The third kappa shape index (κ3) is 6.32. The zero-order valence-electron chi connectivity index (χ0n) is 19.1. The highest BCUT2D eigenvalue weighted by atomic mass is 35.5. The van der Waals surface area contributed by atoms with Crippen LogP contribution >= 0.6 is 11.6 Å². The molecule has 11 nitrogen and oxygen atoms in total. The lowest BCUT2D eigenvalue weighted by Gasteiger charge is -2.30. The molecule has 1 aliphatic heterocycles. The number of benzene rings is 2. The first-order chi connectivity index (χ1) is 17.4. The molecule has 2 aromatic carbocycles. The predicted octanol–water partition coefficient (Wildman–Crippen LogP) is 2.15. The SMILES string of the molecule is O=C(C=Cc1cc(Cl)ccc1-n1cnnn1)N[C@H](C(=O)Nc1ccc(C(=O)O)cc1)[C@@H]1CCCNC1. The minimum Gasteiger partial charge on any atom is -0.478 e. The summed E-state index contributed by atoms with van der Waals surface area (Å²) < 4.78 is 1.45. The normalized spacial score (nSPS) is 16.4. The van der Waals surface area contributed by atoms with Crippen LogP contribution < -0.4 is 16.0 Å². The van der Waals surface area contributed by atoms with Crippen LogP contribution in [0, 0.1) is 5.92 Å². The van der Waals surface area contributed by atoms with E-state index >= 15 is 0 Å².